The van der Waals surface area contributed by atoms with Crippen LogP contribution in [0.2, 0.25) is 0 Å². The molecule has 3 atom stereocenters. The van der Waals surface area contributed by atoms with Crippen molar-refractivity contribution in [2.45, 2.75) is 89.1 Å². The fraction of sp³-hybridized carbons (Fsp3) is 0.760. The summed E-state index contributed by atoms with van der Waals surface area (Å²) in [6, 6.07) is 1.57. The maximum Gasteiger partial charge on any atom is 0.138 e. The molecule has 0 bridgehead atoms. The van der Waals surface area contributed by atoms with Crippen molar-refractivity contribution in [1.82, 2.24) is 31.5 Å². The Balaban J connectivity index is 0.994. The minimum atomic E-state index is 0.178. The van der Waals surface area contributed by atoms with Crippen LogP contribution in [0.4, 0.5) is 0 Å². The first-order chi connectivity index (χ1) is 15.3. The molecular weight excluding hydrogens is 384 g/mol. The van der Waals surface area contributed by atoms with Crippen molar-refractivity contribution in [3.05, 3.63) is 35.3 Å². The van der Waals surface area contributed by atoms with Crippen molar-refractivity contribution in [3.63, 3.8) is 0 Å². The van der Waals surface area contributed by atoms with E-state index in [1.807, 2.05) is 0 Å². The summed E-state index contributed by atoms with van der Waals surface area (Å²) < 4.78 is 0. The van der Waals surface area contributed by atoms with E-state index in [-0.39, 0.29) is 12.3 Å². The molecule has 0 aromatic carbocycles. The minimum Gasteiger partial charge on any atom is -0.367 e. The molecule has 0 aromatic rings. The highest BCUT2D eigenvalue weighted by Crippen LogP contribution is 2.38. The van der Waals surface area contributed by atoms with Crippen molar-refractivity contribution in [2.24, 2.45) is 5.92 Å². The number of dihydropyridines is 1. The monoisotopic (exact) mass is 426 g/mol. The minimum absolute atomic E-state index is 0.178. The first kappa shape index (κ1) is 21.4. The number of nitrogens with zero attached hydrogens (tertiary/aromatic N) is 1. The molecular formula is C25H42N6. The molecule has 0 amide bonds. The molecule has 0 aromatic heterocycles. The molecule has 0 spiro atoms. The van der Waals surface area contributed by atoms with E-state index in [2.05, 4.69) is 56.6 Å². The van der Waals surface area contributed by atoms with Gasteiger partial charge in [-0.05, 0) is 77.1 Å². The van der Waals surface area contributed by atoms with Crippen LogP contribution < -0.4 is 26.6 Å². The molecule has 5 rings (SSSR count). The summed E-state index contributed by atoms with van der Waals surface area (Å²) in [5.41, 5.74) is 3.96. The summed E-state index contributed by atoms with van der Waals surface area (Å²) in [5, 5.41) is 18.4. The Morgan fingerprint density at radius 1 is 0.903 bits per heavy atom. The van der Waals surface area contributed by atoms with Crippen molar-refractivity contribution in [1.29, 1.82) is 0 Å². The van der Waals surface area contributed by atoms with Crippen LogP contribution in [0.15, 0.2) is 35.3 Å². The van der Waals surface area contributed by atoms with Gasteiger partial charge in [0.2, 0.25) is 0 Å². The van der Waals surface area contributed by atoms with Gasteiger partial charge in [0.15, 0.2) is 0 Å². The van der Waals surface area contributed by atoms with Crippen molar-refractivity contribution in [3.8, 4) is 0 Å². The van der Waals surface area contributed by atoms with E-state index in [0.717, 1.165) is 25.0 Å². The van der Waals surface area contributed by atoms with Gasteiger partial charge in [-0.1, -0.05) is 18.9 Å². The number of allylic oxidation sites excluding steroid dienone is 4. The second-order valence-corrected chi connectivity index (χ2v) is 10.2. The first-order valence-corrected chi connectivity index (χ1v) is 12.9. The lowest BCUT2D eigenvalue weighted by Crippen LogP contribution is -2.50. The highest BCUT2D eigenvalue weighted by atomic mass is 15.3. The van der Waals surface area contributed by atoms with Crippen LogP contribution in [0.1, 0.15) is 64.7 Å². The zero-order valence-corrected chi connectivity index (χ0v) is 19.3. The predicted octanol–water partition coefficient (Wildman–Crippen LogP) is 2.49. The summed E-state index contributed by atoms with van der Waals surface area (Å²) in [7, 11) is 0. The summed E-state index contributed by atoms with van der Waals surface area (Å²) in [5.74, 6) is 0.756. The van der Waals surface area contributed by atoms with Gasteiger partial charge < -0.3 is 26.2 Å². The Morgan fingerprint density at radius 2 is 1.74 bits per heavy atom. The molecule has 31 heavy (non-hydrogen) atoms. The largest absolute Gasteiger partial charge is 0.367 e. The SMILES string of the molecule is CC1=C(C2CC2)NC(C2=CC=CC(NCCNC3CCCN(C4CCCC4)CC3)N2)N1. The summed E-state index contributed by atoms with van der Waals surface area (Å²) in [6.07, 6.45) is 19.3. The number of nitrogens with one attached hydrogen (secondary N) is 5. The Labute approximate surface area is 188 Å². The highest BCUT2D eigenvalue weighted by Gasteiger charge is 2.34. The number of hydrogen-bond donors (Lipinski definition) is 5. The fourth-order valence-corrected chi connectivity index (χ4v) is 5.85. The van der Waals surface area contributed by atoms with Crippen molar-refractivity contribution < 1.29 is 0 Å². The Kier molecular flexibility index (Phi) is 6.87. The van der Waals surface area contributed by atoms with Gasteiger partial charge in [0, 0.05) is 42.5 Å². The van der Waals surface area contributed by atoms with Crippen LogP contribution in [-0.2, 0) is 0 Å². The molecule has 0 radical (unpaired) electrons. The number of hydrogen-bond acceptors (Lipinski definition) is 6. The van der Waals surface area contributed by atoms with E-state index < -0.39 is 0 Å². The highest BCUT2D eigenvalue weighted by molar-refractivity contribution is 5.31. The Bertz CT molecular complexity index is 703. The second kappa shape index (κ2) is 9.97. The molecule has 5 aliphatic rings. The van der Waals surface area contributed by atoms with Gasteiger partial charge in [0.25, 0.3) is 0 Å². The molecule has 5 N–H and O–H groups in total. The van der Waals surface area contributed by atoms with E-state index in [9.17, 15) is 0 Å². The maximum atomic E-state index is 3.82. The molecule has 2 saturated carbocycles. The van der Waals surface area contributed by atoms with Crippen LogP contribution >= 0.6 is 0 Å². The van der Waals surface area contributed by atoms with Gasteiger partial charge in [-0.15, -0.1) is 0 Å². The fourth-order valence-electron chi connectivity index (χ4n) is 5.85. The molecule has 6 heteroatoms. The van der Waals surface area contributed by atoms with Gasteiger partial charge >= 0.3 is 0 Å². The first-order valence-electron chi connectivity index (χ1n) is 12.9. The molecule has 6 nitrogen and oxygen atoms in total. The molecule has 2 aliphatic carbocycles. The molecule has 3 heterocycles. The lowest BCUT2D eigenvalue weighted by molar-refractivity contribution is 0.205. The van der Waals surface area contributed by atoms with Gasteiger partial charge in [0.05, 0.1) is 11.9 Å². The summed E-state index contributed by atoms with van der Waals surface area (Å²) >= 11 is 0. The quantitative estimate of drug-likeness (QED) is 0.385. The van der Waals surface area contributed by atoms with Gasteiger partial charge in [-0.25, -0.2) is 0 Å². The molecule has 3 aliphatic heterocycles. The van der Waals surface area contributed by atoms with Crippen LogP contribution in [0.25, 0.3) is 0 Å². The zero-order chi connectivity index (χ0) is 21.0. The predicted molar refractivity (Wildman–Crippen MR) is 127 cm³/mol. The van der Waals surface area contributed by atoms with Crippen LogP contribution in [0, 0.1) is 5.92 Å². The van der Waals surface area contributed by atoms with Crippen molar-refractivity contribution >= 4 is 0 Å². The lowest BCUT2D eigenvalue weighted by Gasteiger charge is -2.28. The average Bonchev–Trinajstić information content (AvgIpc) is 3.42. The van der Waals surface area contributed by atoms with Crippen molar-refractivity contribution in [2.75, 3.05) is 26.2 Å². The molecule has 3 unspecified atom stereocenters. The average molecular weight is 427 g/mol. The van der Waals surface area contributed by atoms with E-state index in [1.54, 1.807) is 0 Å². The van der Waals surface area contributed by atoms with Crippen LogP contribution in [0.3, 0.4) is 0 Å². The molecule has 1 saturated heterocycles. The Hall–Kier alpha value is -1.50. The summed E-state index contributed by atoms with van der Waals surface area (Å²) in [4.78, 5) is 2.79. The van der Waals surface area contributed by atoms with Gasteiger partial charge in [-0.3, -0.25) is 5.32 Å². The number of likely N-dealkylation sites (tertiary alicyclic amines) is 1. The van der Waals surface area contributed by atoms with Gasteiger partial charge in [-0.2, -0.15) is 0 Å². The smallest absolute Gasteiger partial charge is 0.138 e. The second-order valence-electron chi connectivity index (χ2n) is 10.2. The van der Waals surface area contributed by atoms with E-state index in [0.29, 0.717) is 6.04 Å². The maximum absolute atomic E-state index is 3.82. The third-order valence-electron chi connectivity index (χ3n) is 7.79. The third kappa shape index (κ3) is 5.47. The van der Waals surface area contributed by atoms with Crippen LogP contribution in [0.5, 0.6) is 0 Å². The zero-order valence-electron chi connectivity index (χ0n) is 19.3. The molecule has 172 valence electrons. The van der Waals surface area contributed by atoms with Crippen LogP contribution in [-0.4, -0.2) is 55.5 Å². The lowest BCUT2D eigenvalue weighted by atomic mass is 10.1. The van der Waals surface area contributed by atoms with E-state index in [1.165, 1.54) is 88.0 Å². The number of rotatable bonds is 8. The Morgan fingerprint density at radius 3 is 2.58 bits per heavy atom. The summed E-state index contributed by atoms with van der Waals surface area (Å²) in [6.45, 7) is 6.81. The van der Waals surface area contributed by atoms with E-state index >= 15 is 0 Å². The third-order valence-corrected chi connectivity index (χ3v) is 7.79. The molecule has 3 fully saturated rings. The standard InChI is InChI=1S/C25H42N6/c1-18-24(19-11-12-19)30-25(28-18)22-9-4-10-23(29-22)27-15-14-26-20-6-5-16-31(17-13-20)21-7-2-3-8-21/h4,9-10,19-21,23,25-30H,2-3,5-8,11-17H2,1H3. The van der Waals surface area contributed by atoms with E-state index in [4.69, 9.17) is 0 Å². The normalized spacial score (nSPS) is 32.4. The van der Waals surface area contributed by atoms with Gasteiger partial charge in [0.1, 0.15) is 6.17 Å². The topological polar surface area (TPSA) is 63.4 Å².